The standard InChI is InChI=1S/C10H15NOS/c1-12-10-5-3-2-4-9(10)6-7-11-8-13/h2-5,11,13H,6-8H2,1H3. The van der Waals surface area contributed by atoms with E-state index in [1.807, 2.05) is 18.2 Å². The zero-order valence-corrected chi connectivity index (χ0v) is 8.68. The van der Waals surface area contributed by atoms with Crippen LogP contribution in [-0.4, -0.2) is 19.5 Å². The maximum absolute atomic E-state index is 5.23. The van der Waals surface area contributed by atoms with E-state index < -0.39 is 0 Å². The largest absolute Gasteiger partial charge is 0.496 e. The maximum Gasteiger partial charge on any atom is 0.122 e. The summed E-state index contributed by atoms with van der Waals surface area (Å²) in [4.78, 5) is 0. The molecule has 0 heterocycles. The molecule has 0 saturated carbocycles. The van der Waals surface area contributed by atoms with Gasteiger partial charge in [-0.1, -0.05) is 18.2 Å². The normalized spacial score (nSPS) is 10.0. The first kappa shape index (κ1) is 10.4. The van der Waals surface area contributed by atoms with Crippen LogP contribution < -0.4 is 10.1 Å². The number of hydrogen-bond donors (Lipinski definition) is 2. The number of methoxy groups -OCH3 is 1. The Hall–Kier alpha value is -0.670. The molecule has 0 aliphatic carbocycles. The highest BCUT2D eigenvalue weighted by Gasteiger charge is 1.99. The monoisotopic (exact) mass is 197 g/mol. The molecule has 1 aromatic carbocycles. The van der Waals surface area contributed by atoms with E-state index in [-0.39, 0.29) is 0 Å². The second kappa shape index (κ2) is 5.89. The molecule has 0 bridgehead atoms. The number of hydrogen-bond acceptors (Lipinski definition) is 3. The van der Waals surface area contributed by atoms with Crippen LogP contribution in [0.15, 0.2) is 24.3 Å². The molecule has 1 N–H and O–H groups in total. The maximum atomic E-state index is 5.23. The molecular weight excluding hydrogens is 182 g/mol. The van der Waals surface area contributed by atoms with E-state index in [0.717, 1.165) is 24.6 Å². The minimum atomic E-state index is 0.717. The van der Waals surface area contributed by atoms with Gasteiger partial charge in [-0.25, -0.2) is 0 Å². The van der Waals surface area contributed by atoms with Crippen LogP contribution in [0.3, 0.4) is 0 Å². The third-order valence-corrected chi connectivity index (χ3v) is 2.10. The van der Waals surface area contributed by atoms with E-state index in [1.165, 1.54) is 5.56 Å². The van der Waals surface area contributed by atoms with Gasteiger partial charge >= 0.3 is 0 Å². The summed E-state index contributed by atoms with van der Waals surface area (Å²) in [5.41, 5.74) is 1.24. The molecule has 72 valence electrons. The summed E-state index contributed by atoms with van der Waals surface area (Å²) in [6.07, 6.45) is 0.977. The summed E-state index contributed by atoms with van der Waals surface area (Å²) >= 11 is 4.07. The van der Waals surface area contributed by atoms with Gasteiger partial charge in [0.2, 0.25) is 0 Å². The molecule has 2 nitrogen and oxygen atoms in total. The van der Waals surface area contributed by atoms with E-state index in [2.05, 4.69) is 24.0 Å². The number of nitrogens with one attached hydrogen (secondary N) is 1. The fourth-order valence-electron chi connectivity index (χ4n) is 1.21. The van der Waals surface area contributed by atoms with Crippen molar-refractivity contribution in [1.82, 2.24) is 5.32 Å². The Morgan fingerprint density at radius 1 is 1.38 bits per heavy atom. The van der Waals surface area contributed by atoms with Crippen LogP contribution in [0.25, 0.3) is 0 Å². The van der Waals surface area contributed by atoms with E-state index in [1.54, 1.807) is 7.11 Å². The van der Waals surface area contributed by atoms with Crippen molar-refractivity contribution in [2.45, 2.75) is 6.42 Å². The van der Waals surface area contributed by atoms with Gasteiger partial charge in [0, 0.05) is 12.4 Å². The van der Waals surface area contributed by atoms with Crippen molar-refractivity contribution < 1.29 is 4.74 Å². The predicted octanol–water partition coefficient (Wildman–Crippen LogP) is 1.71. The summed E-state index contributed by atoms with van der Waals surface area (Å²) in [5, 5.41) is 3.16. The highest BCUT2D eigenvalue weighted by molar-refractivity contribution is 7.80. The van der Waals surface area contributed by atoms with Crippen molar-refractivity contribution >= 4 is 12.6 Å². The van der Waals surface area contributed by atoms with E-state index in [9.17, 15) is 0 Å². The summed E-state index contributed by atoms with van der Waals surface area (Å²) in [6.45, 7) is 0.934. The highest BCUT2D eigenvalue weighted by atomic mass is 32.1. The summed E-state index contributed by atoms with van der Waals surface area (Å²) < 4.78 is 5.23. The molecule has 0 atom stereocenters. The van der Waals surface area contributed by atoms with Crippen LogP contribution >= 0.6 is 12.6 Å². The Morgan fingerprint density at radius 2 is 2.15 bits per heavy atom. The lowest BCUT2D eigenvalue weighted by molar-refractivity contribution is 0.409. The first-order valence-corrected chi connectivity index (χ1v) is 4.95. The molecular formula is C10H15NOS. The van der Waals surface area contributed by atoms with Gasteiger partial charge < -0.3 is 10.1 Å². The molecule has 0 spiro atoms. The Bertz CT molecular complexity index is 252. The van der Waals surface area contributed by atoms with Crippen molar-refractivity contribution in [3.05, 3.63) is 29.8 Å². The molecule has 0 aliphatic heterocycles. The Kier molecular flexibility index (Phi) is 4.72. The van der Waals surface area contributed by atoms with Crippen LogP contribution in [0.2, 0.25) is 0 Å². The average Bonchev–Trinajstić information content (AvgIpc) is 2.19. The smallest absolute Gasteiger partial charge is 0.122 e. The molecule has 1 rings (SSSR count). The van der Waals surface area contributed by atoms with Crippen molar-refractivity contribution in [1.29, 1.82) is 0 Å². The van der Waals surface area contributed by atoms with Crippen LogP contribution in [-0.2, 0) is 6.42 Å². The SMILES string of the molecule is COc1ccccc1CCNCS. The van der Waals surface area contributed by atoms with Gasteiger partial charge in [-0.15, -0.1) is 0 Å². The molecule has 0 radical (unpaired) electrons. The Labute approximate surface area is 84.7 Å². The lowest BCUT2D eigenvalue weighted by atomic mass is 10.1. The van der Waals surface area contributed by atoms with Gasteiger partial charge in [-0.2, -0.15) is 12.6 Å². The van der Waals surface area contributed by atoms with Gasteiger partial charge in [0.05, 0.1) is 7.11 Å². The first-order chi connectivity index (χ1) is 6.38. The molecule has 0 saturated heterocycles. The predicted molar refractivity (Wildman–Crippen MR) is 58.6 cm³/mol. The molecule has 0 amide bonds. The van der Waals surface area contributed by atoms with Crippen molar-refractivity contribution in [2.75, 3.05) is 19.5 Å². The average molecular weight is 197 g/mol. The summed E-state index contributed by atoms with van der Waals surface area (Å²) in [5.74, 6) is 1.68. The number of thiol groups is 1. The zero-order valence-electron chi connectivity index (χ0n) is 7.79. The second-order valence-electron chi connectivity index (χ2n) is 2.72. The first-order valence-electron chi connectivity index (χ1n) is 4.32. The lowest BCUT2D eigenvalue weighted by Crippen LogP contribution is -2.15. The Balaban J connectivity index is 2.54. The van der Waals surface area contributed by atoms with Gasteiger partial charge in [-0.3, -0.25) is 0 Å². The topological polar surface area (TPSA) is 21.3 Å². The number of ether oxygens (including phenoxy) is 1. The van der Waals surface area contributed by atoms with Gasteiger partial charge in [-0.05, 0) is 18.1 Å². The highest BCUT2D eigenvalue weighted by Crippen LogP contribution is 2.16. The lowest BCUT2D eigenvalue weighted by Gasteiger charge is -2.07. The van der Waals surface area contributed by atoms with Crippen LogP contribution in [0.5, 0.6) is 5.75 Å². The third kappa shape index (κ3) is 3.28. The fraction of sp³-hybridized carbons (Fsp3) is 0.400. The minimum absolute atomic E-state index is 0.717. The molecule has 0 aliphatic rings. The number of rotatable bonds is 5. The second-order valence-corrected chi connectivity index (χ2v) is 3.04. The van der Waals surface area contributed by atoms with Crippen molar-refractivity contribution in [2.24, 2.45) is 0 Å². The zero-order chi connectivity index (χ0) is 9.52. The van der Waals surface area contributed by atoms with Crippen LogP contribution in [0.1, 0.15) is 5.56 Å². The fourth-order valence-corrected chi connectivity index (χ4v) is 1.37. The third-order valence-electron chi connectivity index (χ3n) is 1.88. The number of benzene rings is 1. The number of para-hydroxylation sites is 1. The van der Waals surface area contributed by atoms with Crippen molar-refractivity contribution in [3.8, 4) is 5.75 Å². The molecule has 0 unspecified atom stereocenters. The molecule has 0 aromatic heterocycles. The molecule has 0 fully saturated rings. The van der Waals surface area contributed by atoms with Gasteiger partial charge in [0.1, 0.15) is 5.75 Å². The van der Waals surface area contributed by atoms with Gasteiger partial charge in [0.25, 0.3) is 0 Å². The van der Waals surface area contributed by atoms with Gasteiger partial charge in [0.15, 0.2) is 0 Å². The van der Waals surface area contributed by atoms with Crippen LogP contribution in [0.4, 0.5) is 0 Å². The van der Waals surface area contributed by atoms with Crippen LogP contribution in [0, 0.1) is 0 Å². The minimum Gasteiger partial charge on any atom is -0.496 e. The molecule has 13 heavy (non-hydrogen) atoms. The van der Waals surface area contributed by atoms with E-state index in [4.69, 9.17) is 4.74 Å². The summed E-state index contributed by atoms with van der Waals surface area (Å²) in [7, 11) is 1.70. The van der Waals surface area contributed by atoms with Crippen molar-refractivity contribution in [3.63, 3.8) is 0 Å². The van der Waals surface area contributed by atoms with E-state index in [0.29, 0.717) is 0 Å². The summed E-state index contributed by atoms with van der Waals surface area (Å²) in [6, 6.07) is 8.07. The Morgan fingerprint density at radius 3 is 2.85 bits per heavy atom. The molecule has 1 aromatic rings. The quantitative estimate of drug-likeness (QED) is 0.426. The van der Waals surface area contributed by atoms with E-state index >= 15 is 0 Å². The molecule has 3 heteroatoms.